The Morgan fingerprint density at radius 1 is 1.27 bits per heavy atom. The van der Waals surface area contributed by atoms with E-state index in [0.29, 0.717) is 5.92 Å². The first-order chi connectivity index (χ1) is 4.48. The third kappa shape index (κ3) is 11.5. The molecule has 0 rings (SSSR count). The third-order valence-electron chi connectivity index (χ3n) is 1.60. The van der Waals surface area contributed by atoms with Crippen molar-refractivity contribution < 1.29 is 46.9 Å². The molecule has 1 atom stereocenters. The minimum absolute atomic E-state index is 0. The molecule has 0 fully saturated rings. The van der Waals surface area contributed by atoms with E-state index in [1.165, 1.54) is 0 Å². The van der Waals surface area contributed by atoms with Gasteiger partial charge in [0.15, 0.2) is 0 Å². The zero-order valence-electron chi connectivity index (χ0n) is 8.17. The Bertz CT molecular complexity index is 61.8. The van der Waals surface area contributed by atoms with Gasteiger partial charge in [0.05, 0.1) is 0 Å². The van der Waals surface area contributed by atoms with Crippen molar-refractivity contribution in [2.24, 2.45) is 11.3 Å². The van der Waals surface area contributed by atoms with Gasteiger partial charge < -0.3 is 20.8 Å². The molecule has 0 amide bonds. The molecule has 0 aliphatic carbocycles. The van der Waals surface area contributed by atoms with Crippen LogP contribution in [0.15, 0.2) is 0 Å². The summed E-state index contributed by atoms with van der Waals surface area (Å²) in [7, 11) is 0. The summed E-state index contributed by atoms with van der Waals surface area (Å²) in [6.07, 6.45) is 1.12. The maximum absolute atomic E-state index is 3.98. The van der Waals surface area contributed by atoms with Gasteiger partial charge in [0.25, 0.3) is 0 Å². The van der Waals surface area contributed by atoms with Gasteiger partial charge >= 0.3 is 46.9 Å². The van der Waals surface area contributed by atoms with Crippen LogP contribution in [0.5, 0.6) is 0 Å². The molecule has 0 saturated carbocycles. The largest absolute Gasteiger partial charge is 3.00 e. The molecular weight excluding hydrogens is 293 g/mol. The van der Waals surface area contributed by atoms with Gasteiger partial charge in [-0.3, -0.25) is 0 Å². The molecule has 11 heavy (non-hydrogen) atoms. The Kier molecular flexibility index (Phi) is 16.0. The van der Waals surface area contributed by atoms with E-state index in [4.69, 9.17) is 0 Å². The Hall–Kier alpha value is 1.52. The average molecular weight is 314 g/mol. The minimum atomic E-state index is 0. The van der Waals surface area contributed by atoms with Crippen molar-refractivity contribution in [3.05, 3.63) is 20.8 Å². The molecule has 0 aromatic carbocycles. The van der Waals surface area contributed by atoms with Gasteiger partial charge in [0.1, 0.15) is 0 Å². The van der Waals surface area contributed by atoms with Crippen molar-refractivity contribution in [3.8, 4) is 0 Å². The van der Waals surface area contributed by atoms with Gasteiger partial charge in [-0.1, -0.05) is 27.2 Å². The summed E-state index contributed by atoms with van der Waals surface area (Å²) < 4.78 is 0. The maximum atomic E-state index is 3.98. The number of hydrogen-bond acceptors (Lipinski definition) is 0. The topological polar surface area (TPSA) is 0 Å². The summed E-state index contributed by atoms with van der Waals surface area (Å²) in [6.45, 7) is 19.3. The zero-order chi connectivity index (χ0) is 8.78. The molecule has 1 unspecified atom stereocenters. The van der Waals surface area contributed by atoms with Crippen LogP contribution in [-0.2, 0) is 0 Å². The summed E-state index contributed by atoms with van der Waals surface area (Å²) in [4.78, 5) is 0. The van der Waals surface area contributed by atoms with Crippen molar-refractivity contribution in [2.45, 2.75) is 34.1 Å². The van der Waals surface area contributed by atoms with Crippen LogP contribution in [0.4, 0.5) is 0 Å². The second kappa shape index (κ2) is 9.61. The molecule has 0 heterocycles. The van der Waals surface area contributed by atoms with Crippen LogP contribution < -0.4 is 0 Å². The van der Waals surface area contributed by atoms with E-state index < -0.39 is 0 Å². The van der Waals surface area contributed by atoms with Crippen molar-refractivity contribution in [1.29, 1.82) is 0 Å². The fourth-order valence-electron chi connectivity index (χ4n) is 0.553. The quantitative estimate of drug-likeness (QED) is 0.684. The fourth-order valence-corrected chi connectivity index (χ4v) is 0.553. The first kappa shape index (κ1) is 18.3. The maximum Gasteiger partial charge on any atom is 3.00 e. The van der Waals surface area contributed by atoms with Crippen LogP contribution in [0.3, 0.4) is 0 Å². The summed E-state index contributed by atoms with van der Waals surface area (Å²) in [6, 6.07) is 0. The molecule has 1 heteroatoms. The number of rotatable bonds is 2. The molecule has 75 valence electrons. The monoisotopic (exact) mass is 315 g/mol. The van der Waals surface area contributed by atoms with E-state index in [9.17, 15) is 0 Å². The van der Waals surface area contributed by atoms with Gasteiger partial charge in [0, 0.05) is 0 Å². The van der Waals surface area contributed by atoms with E-state index in [-0.39, 0.29) is 52.3 Å². The van der Waals surface area contributed by atoms with Gasteiger partial charge in [-0.05, 0) is 0 Å². The van der Waals surface area contributed by atoms with Crippen LogP contribution in [0.1, 0.15) is 34.1 Å². The van der Waals surface area contributed by atoms with E-state index in [0.717, 1.165) is 6.42 Å². The molecule has 0 nitrogen and oxygen atoms in total. The fraction of sp³-hybridized carbons (Fsp3) is 0.700. The number of hydrogen-bond donors (Lipinski definition) is 0. The molecule has 0 aromatic heterocycles. The first-order valence-electron chi connectivity index (χ1n) is 3.87. The first-order valence-corrected chi connectivity index (χ1v) is 3.87. The summed E-state index contributed by atoms with van der Waals surface area (Å²) in [5.74, 6) is 0.488. The second-order valence-electron chi connectivity index (χ2n) is 3.09. The summed E-state index contributed by atoms with van der Waals surface area (Å²) >= 11 is 0. The predicted octanol–water partition coefficient (Wildman–Crippen LogP) is 3.55. The minimum Gasteiger partial charge on any atom is -0.346 e. The van der Waals surface area contributed by atoms with Crippen molar-refractivity contribution >= 4 is 0 Å². The standard InChI is InChI=1S/C8H16.C2H5.Yb/c1-6-7(2)8(3,4)5;1-2;/h7H,2-3,6H2,1,4-5H3;1H2,2H3;/q-2;-1;+3. The zero-order valence-corrected chi connectivity index (χ0v) is 9.89. The Morgan fingerprint density at radius 3 is 1.55 bits per heavy atom. The van der Waals surface area contributed by atoms with Crippen LogP contribution in [0, 0.1) is 79.0 Å². The molecule has 0 aliphatic heterocycles. The van der Waals surface area contributed by atoms with E-state index >= 15 is 0 Å². The molecule has 1 radical (unpaired) electrons. The molecular formula is C10H21Yb. The van der Waals surface area contributed by atoms with Crippen molar-refractivity contribution in [2.75, 3.05) is 0 Å². The molecule has 0 aliphatic rings. The normalized spacial score (nSPS) is 12.3. The predicted molar refractivity (Wildman–Crippen MR) is 49.3 cm³/mol. The van der Waals surface area contributed by atoms with E-state index in [1.54, 1.807) is 6.92 Å². The van der Waals surface area contributed by atoms with Gasteiger partial charge in [-0.2, -0.15) is 18.3 Å². The second-order valence-corrected chi connectivity index (χ2v) is 3.09. The van der Waals surface area contributed by atoms with E-state index in [2.05, 4.69) is 41.5 Å². The molecule has 0 bridgehead atoms. The third-order valence-corrected chi connectivity index (χ3v) is 1.60. The van der Waals surface area contributed by atoms with Gasteiger partial charge in [0.2, 0.25) is 0 Å². The van der Waals surface area contributed by atoms with Crippen LogP contribution in [0.25, 0.3) is 0 Å². The Morgan fingerprint density at radius 2 is 1.55 bits per heavy atom. The molecule has 0 aromatic rings. The SMILES string of the molecule is [CH2-]C.[CH2-]C(CC)C([CH2-])(C)C.[Yb+3]. The summed E-state index contributed by atoms with van der Waals surface area (Å²) in [5.41, 5.74) is 0.148. The molecule has 0 spiro atoms. The molecule has 0 N–H and O–H groups in total. The van der Waals surface area contributed by atoms with Crippen LogP contribution >= 0.6 is 0 Å². The molecule has 0 saturated heterocycles. The Labute approximate surface area is 112 Å². The van der Waals surface area contributed by atoms with E-state index in [1.807, 2.05) is 0 Å². The van der Waals surface area contributed by atoms with Crippen molar-refractivity contribution in [3.63, 3.8) is 0 Å². The average Bonchev–Trinajstić information content (AvgIpc) is 1.89. The smallest absolute Gasteiger partial charge is 0.346 e. The van der Waals surface area contributed by atoms with Crippen molar-refractivity contribution in [1.82, 2.24) is 0 Å². The van der Waals surface area contributed by atoms with Crippen LogP contribution in [0.2, 0.25) is 0 Å². The van der Waals surface area contributed by atoms with Gasteiger partial charge in [-0.15, -0.1) is 0 Å². The van der Waals surface area contributed by atoms with Crippen LogP contribution in [-0.4, -0.2) is 0 Å². The summed E-state index contributed by atoms with van der Waals surface area (Å²) in [5, 5.41) is 0. The Balaban J connectivity index is -0.000000196. The van der Waals surface area contributed by atoms with Gasteiger partial charge in [-0.25, -0.2) is 0 Å².